The molecule has 24 heavy (non-hydrogen) atoms. The van der Waals surface area contributed by atoms with E-state index in [9.17, 15) is 14.0 Å². The van der Waals surface area contributed by atoms with Crippen molar-refractivity contribution < 1.29 is 14.0 Å². The van der Waals surface area contributed by atoms with E-state index in [-0.39, 0.29) is 18.0 Å². The highest BCUT2D eigenvalue weighted by Crippen LogP contribution is 2.20. The van der Waals surface area contributed by atoms with Crippen LogP contribution in [0.4, 0.5) is 10.1 Å². The van der Waals surface area contributed by atoms with Gasteiger partial charge in [0.15, 0.2) is 0 Å². The molecule has 0 atom stereocenters. The van der Waals surface area contributed by atoms with Gasteiger partial charge in [0.1, 0.15) is 5.82 Å². The number of hydrogen-bond acceptors (Lipinski definition) is 2. The molecule has 4 nitrogen and oxygen atoms in total. The highest BCUT2D eigenvalue weighted by Gasteiger charge is 2.18. The molecule has 0 radical (unpaired) electrons. The van der Waals surface area contributed by atoms with E-state index in [1.807, 2.05) is 32.0 Å². The topological polar surface area (TPSA) is 49.4 Å². The average molecular weight is 393 g/mol. The summed E-state index contributed by atoms with van der Waals surface area (Å²) < 4.78 is 13.8. The van der Waals surface area contributed by atoms with E-state index in [4.69, 9.17) is 0 Å². The van der Waals surface area contributed by atoms with Gasteiger partial charge in [-0.05, 0) is 65.2 Å². The van der Waals surface area contributed by atoms with Crippen molar-refractivity contribution in [2.45, 2.75) is 13.8 Å². The Morgan fingerprint density at radius 2 is 1.92 bits per heavy atom. The molecular weight excluding hydrogens is 375 g/mol. The summed E-state index contributed by atoms with van der Waals surface area (Å²) in [6.45, 7) is 3.75. The van der Waals surface area contributed by atoms with Crippen molar-refractivity contribution in [3.05, 3.63) is 63.4 Å². The van der Waals surface area contributed by atoms with E-state index in [0.29, 0.717) is 10.2 Å². The van der Waals surface area contributed by atoms with Crippen molar-refractivity contribution in [2.75, 3.05) is 18.9 Å². The molecule has 2 amide bonds. The molecule has 2 aromatic rings. The van der Waals surface area contributed by atoms with Crippen LogP contribution >= 0.6 is 15.9 Å². The van der Waals surface area contributed by atoms with Crippen LogP contribution < -0.4 is 5.32 Å². The molecule has 1 N–H and O–H groups in total. The Labute approximate surface area is 148 Å². The summed E-state index contributed by atoms with van der Waals surface area (Å²) in [4.78, 5) is 25.8. The third-order valence-electron chi connectivity index (χ3n) is 3.77. The fraction of sp³-hybridized carbons (Fsp3) is 0.222. The van der Waals surface area contributed by atoms with E-state index in [2.05, 4.69) is 21.2 Å². The summed E-state index contributed by atoms with van der Waals surface area (Å²) in [6.07, 6.45) is 0. The number of carbonyl (C=O) groups excluding carboxylic acids is 2. The van der Waals surface area contributed by atoms with Gasteiger partial charge in [0.25, 0.3) is 5.91 Å². The van der Waals surface area contributed by atoms with Gasteiger partial charge < -0.3 is 10.2 Å². The SMILES string of the molecule is Cc1cccc(NC(=O)CN(C)C(=O)c2cc(F)ccc2Br)c1C. The van der Waals surface area contributed by atoms with E-state index in [1.165, 1.54) is 24.1 Å². The molecule has 0 heterocycles. The van der Waals surface area contributed by atoms with Crippen LogP contribution in [0.2, 0.25) is 0 Å². The van der Waals surface area contributed by atoms with Crippen molar-refractivity contribution >= 4 is 33.4 Å². The summed E-state index contributed by atoms with van der Waals surface area (Å²) in [7, 11) is 1.50. The fourth-order valence-corrected chi connectivity index (χ4v) is 2.65. The van der Waals surface area contributed by atoms with E-state index in [0.717, 1.165) is 17.2 Å². The number of likely N-dealkylation sites (N-methyl/N-ethyl adjacent to an activating group) is 1. The van der Waals surface area contributed by atoms with Gasteiger partial charge in [-0.15, -0.1) is 0 Å². The van der Waals surface area contributed by atoms with Crippen molar-refractivity contribution in [3.63, 3.8) is 0 Å². The third kappa shape index (κ3) is 4.20. The summed E-state index contributed by atoms with van der Waals surface area (Å²) in [5.41, 5.74) is 2.94. The van der Waals surface area contributed by atoms with Gasteiger partial charge in [0.2, 0.25) is 5.91 Å². The molecule has 0 unspecified atom stereocenters. The van der Waals surface area contributed by atoms with E-state index in [1.54, 1.807) is 0 Å². The van der Waals surface area contributed by atoms with Gasteiger partial charge >= 0.3 is 0 Å². The minimum atomic E-state index is -0.505. The lowest BCUT2D eigenvalue weighted by molar-refractivity contribution is -0.116. The highest BCUT2D eigenvalue weighted by atomic mass is 79.9. The number of anilines is 1. The molecule has 0 fully saturated rings. The molecule has 0 aromatic heterocycles. The Morgan fingerprint density at radius 3 is 2.62 bits per heavy atom. The number of carbonyl (C=O) groups is 2. The number of benzene rings is 2. The zero-order valence-corrected chi connectivity index (χ0v) is 15.3. The number of amides is 2. The Hall–Kier alpha value is -2.21. The van der Waals surface area contributed by atoms with Crippen LogP contribution in [0.3, 0.4) is 0 Å². The molecule has 0 bridgehead atoms. The smallest absolute Gasteiger partial charge is 0.255 e. The second kappa shape index (κ2) is 7.57. The van der Waals surface area contributed by atoms with E-state index >= 15 is 0 Å². The highest BCUT2D eigenvalue weighted by molar-refractivity contribution is 9.10. The fourth-order valence-electron chi connectivity index (χ4n) is 2.23. The average Bonchev–Trinajstić information content (AvgIpc) is 2.53. The predicted molar refractivity (Wildman–Crippen MR) is 95.6 cm³/mol. The maximum absolute atomic E-state index is 13.3. The Bertz CT molecular complexity index is 793. The first-order valence-corrected chi connectivity index (χ1v) is 8.15. The molecule has 0 aliphatic heterocycles. The molecule has 6 heteroatoms. The quantitative estimate of drug-likeness (QED) is 0.856. The largest absolute Gasteiger partial charge is 0.332 e. The first-order chi connectivity index (χ1) is 11.3. The number of nitrogens with zero attached hydrogens (tertiary/aromatic N) is 1. The van der Waals surface area contributed by atoms with Crippen LogP contribution in [0.25, 0.3) is 0 Å². The van der Waals surface area contributed by atoms with Gasteiger partial charge in [0.05, 0.1) is 12.1 Å². The van der Waals surface area contributed by atoms with Crippen molar-refractivity contribution in [1.29, 1.82) is 0 Å². The standard InChI is InChI=1S/C18H18BrFN2O2/c1-11-5-4-6-16(12(11)2)21-17(23)10-22(3)18(24)14-9-13(20)7-8-15(14)19/h4-9H,10H2,1-3H3,(H,21,23). The molecule has 2 rings (SSSR count). The number of rotatable bonds is 4. The summed E-state index contributed by atoms with van der Waals surface area (Å²) in [5, 5.41) is 2.80. The minimum absolute atomic E-state index is 0.130. The van der Waals surface area contributed by atoms with Gasteiger partial charge in [-0.3, -0.25) is 9.59 Å². The summed E-state index contributed by atoms with van der Waals surface area (Å²) in [5.74, 6) is -1.25. The molecule has 0 saturated heterocycles. The lowest BCUT2D eigenvalue weighted by Gasteiger charge is -2.18. The monoisotopic (exact) mass is 392 g/mol. The Kier molecular flexibility index (Phi) is 5.72. The summed E-state index contributed by atoms with van der Waals surface area (Å²) >= 11 is 3.22. The number of nitrogens with one attached hydrogen (secondary N) is 1. The van der Waals surface area contributed by atoms with E-state index < -0.39 is 11.7 Å². The lowest BCUT2D eigenvalue weighted by atomic mass is 10.1. The lowest BCUT2D eigenvalue weighted by Crippen LogP contribution is -2.35. The van der Waals surface area contributed by atoms with Gasteiger partial charge in [-0.1, -0.05) is 12.1 Å². The molecule has 0 spiro atoms. The minimum Gasteiger partial charge on any atom is -0.332 e. The number of hydrogen-bond donors (Lipinski definition) is 1. The molecular formula is C18H18BrFN2O2. The van der Waals surface area contributed by atoms with Crippen LogP contribution in [-0.4, -0.2) is 30.3 Å². The predicted octanol–water partition coefficient (Wildman–Crippen LogP) is 3.92. The van der Waals surface area contributed by atoms with Crippen LogP contribution in [0.1, 0.15) is 21.5 Å². The Balaban J connectivity index is 2.07. The molecule has 2 aromatic carbocycles. The van der Waals surface area contributed by atoms with Crippen molar-refractivity contribution in [3.8, 4) is 0 Å². The maximum Gasteiger partial charge on any atom is 0.255 e. The molecule has 126 valence electrons. The third-order valence-corrected chi connectivity index (χ3v) is 4.46. The molecule has 0 aliphatic rings. The molecule has 0 aliphatic carbocycles. The van der Waals surface area contributed by atoms with Crippen LogP contribution in [0.15, 0.2) is 40.9 Å². The van der Waals surface area contributed by atoms with Crippen LogP contribution in [0, 0.1) is 19.7 Å². The van der Waals surface area contributed by atoms with Crippen molar-refractivity contribution in [1.82, 2.24) is 4.90 Å². The maximum atomic E-state index is 13.3. The summed E-state index contributed by atoms with van der Waals surface area (Å²) in [6, 6.07) is 9.50. The molecule has 0 saturated carbocycles. The van der Waals surface area contributed by atoms with Crippen molar-refractivity contribution in [2.24, 2.45) is 0 Å². The zero-order valence-electron chi connectivity index (χ0n) is 13.7. The normalized spacial score (nSPS) is 10.4. The first-order valence-electron chi connectivity index (χ1n) is 7.36. The number of aryl methyl sites for hydroxylation is 1. The second-order valence-corrected chi connectivity index (χ2v) is 6.44. The van der Waals surface area contributed by atoms with Crippen LogP contribution in [-0.2, 0) is 4.79 Å². The Morgan fingerprint density at radius 1 is 1.21 bits per heavy atom. The van der Waals surface area contributed by atoms with Gasteiger partial charge in [0, 0.05) is 17.2 Å². The van der Waals surface area contributed by atoms with Gasteiger partial charge in [-0.25, -0.2) is 4.39 Å². The second-order valence-electron chi connectivity index (χ2n) is 5.58. The zero-order chi connectivity index (χ0) is 17.9. The van der Waals surface area contributed by atoms with Crippen LogP contribution in [0.5, 0.6) is 0 Å². The first kappa shape index (κ1) is 18.1. The number of halogens is 2. The van der Waals surface area contributed by atoms with Gasteiger partial charge in [-0.2, -0.15) is 0 Å².